The second kappa shape index (κ2) is 8.17. The van der Waals surface area contributed by atoms with Crippen molar-refractivity contribution < 1.29 is 18.3 Å². The van der Waals surface area contributed by atoms with Crippen molar-refractivity contribution in [3.05, 3.63) is 59.0 Å². The number of benzene rings is 2. The highest BCUT2D eigenvalue weighted by atomic mass is 32.2. The largest absolute Gasteiger partial charge is 0.491 e. The van der Waals surface area contributed by atoms with Gasteiger partial charge in [-0.1, -0.05) is 18.2 Å². The fraction of sp³-hybridized carbons (Fsp3) is 0.316. The van der Waals surface area contributed by atoms with Gasteiger partial charge in [0.25, 0.3) is 0 Å². The summed E-state index contributed by atoms with van der Waals surface area (Å²) in [6.07, 6.45) is -1.01. The molecule has 0 radical (unpaired) electrons. The molecule has 0 saturated carbocycles. The maximum atomic E-state index is 13.1. The SMILES string of the molecule is CC(C)N(C[C@@H](O)COc1ccccc1)S(=O)(=O)c1ccc2[nH]c(=O)[nH]c2c1. The molecule has 0 amide bonds. The van der Waals surface area contributed by atoms with E-state index in [1.165, 1.54) is 22.5 Å². The number of hydrogen-bond donors (Lipinski definition) is 3. The summed E-state index contributed by atoms with van der Waals surface area (Å²) in [6.45, 7) is 3.32. The van der Waals surface area contributed by atoms with E-state index in [1.807, 2.05) is 18.2 Å². The Morgan fingerprint density at radius 3 is 2.43 bits per heavy atom. The molecule has 0 unspecified atom stereocenters. The molecule has 0 spiro atoms. The maximum Gasteiger partial charge on any atom is 0.323 e. The quantitative estimate of drug-likeness (QED) is 0.528. The summed E-state index contributed by atoms with van der Waals surface area (Å²) in [6, 6.07) is 13.0. The zero-order valence-electron chi connectivity index (χ0n) is 15.6. The minimum Gasteiger partial charge on any atom is -0.491 e. The number of para-hydroxylation sites is 1. The standard InChI is InChI=1S/C19H23N3O5S/c1-13(2)22(11-14(23)12-27-15-6-4-3-5-7-15)28(25,26)16-8-9-17-18(10-16)21-19(24)20-17/h3-10,13-14,23H,11-12H2,1-2H3,(H2,20,21,24)/t14-/m1/s1. The van der Waals surface area contributed by atoms with Crippen LogP contribution in [0.1, 0.15) is 13.8 Å². The second-order valence-electron chi connectivity index (χ2n) is 6.73. The lowest BCUT2D eigenvalue weighted by atomic mass is 10.3. The molecule has 8 nitrogen and oxygen atoms in total. The third-order valence-electron chi connectivity index (χ3n) is 4.25. The zero-order valence-corrected chi connectivity index (χ0v) is 16.4. The van der Waals surface area contributed by atoms with Gasteiger partial charge in [0.2, 0.25) is 10.0 Å². The Hall–Kier alpha value is -2.62. The van der Waals surface area contributed by atoms with Crippen LogP contribution in [0.5, 0.6) is 5.75 Å². The average Bonchev–Trinajstić information content (AvgIpc) is 3.04. The second-order valence-corrected chi connectivity index (χ2v) is 8.62. The lowest BCUT2D eigenvalue weighted by Gasteiger charge is -2.28. The van der Waals surface area contributed by atoms with Gasteiger partial charge in [-0.25, -0.2) is 13.2 Å². The average molecular weight is 405 g/mol. The van der Waals surface area contributed by atoms with Crippen molar-refractivity contribution in [1.82, 2.24) is 14.3 Å². The Bertz CT molecular complexity index is 1090. The van der Waals surface area contributed by atoms with Gasteiger partial charge in [-0.3, -0.25) is 0 Å². The molecule has 9 heteroatoms. The van der Waals surface area contributed by atoms with Gasteiger partial charge in [0.1, 0.15) is 18.5 Å². The minimum absolute atomic E-state index is 0.0348. The third kappa shape index (κ3) is 4.44. The fourth-order valence-corrected chi connectivity index (χ4v) is 4.56. The molecule has 0 aliphatic heterocycles. The van der Waals surface area contributed by atoms with Crippen LogP contribution in [-0.2, 0) is 10.0 Å². The van der Waals surface area contributed by atoms with E-state index in [-0.39, 0.29) is 24.1 Å². The normalized spacial score (nSPS) is 13.3. The number of imidazole rings is 1. The molecule has 1 heterocycles. The van der Waals surface area contributed by atoms with Gasteiger partial charge < -0.3 is 19.8 Å². The third-order valence-corrected chi connectivity index (χ3v) is 6.28. The van der Waals surface area contributed by atoms with Crippen LogP contribution in [0.2, 0.25) is 0 Å². The molecular weight excluding hydrogens is 382 g/mol. The number of aromatic amines is 2. The first-order chi connectivity index (χ1) is 13.3. The molecule has 3 aromatic rings. The Kier molecular flexibility index (Phi) is 5.87. The van der Waals surface area contributed by atoms with E-state index in [0.29, 0.717) is 16.8 Å². The molecule has 1 aromatic heterocycles. The first-order valence-corrected chi connectivity index (χ1v) is 10.3. The number of rotatable bonds is 8. The molecular formula is C19H23N3O5S. The molecule has 0 aliphatic rings. The van der Waals surface area contributed by atoms with E-state index >= 15 is 0 Å². The predicted octanol–water partition coefficient (Wildman–Crippen LogP) is 1.70. The van der Waals surface area contributed by atoms with E-state index in [9.17, 15) is 18.3 Å². The van der Waals surface area contributed by atoms with Gasteiger partial charge in [0.05, 0.1) is 15.9 Å². The van der Waals surface area contributed by atoms with E-state index in [1.54, 1.807) is 26.0 Å². The van der Waals surface area contributed by atoms with Crippen molar-refractivity contribution >= 4 is 21.1 Å². The Morgan fingerprint density at radius 2 is 1.75 bits per heavy atom. The highest BCUT2D eigenvalue weighted by molar-refractivity contribution is 7.89. The minimum atomic E-state index is -3.88. The van der Waals surface area contributed by atoms with Gasteiger partial charge in [0, 0.05) is 12.6 Å². The molecule has 3 rings (SSSR count). The van der Waals surface area contributed by atoms with Crippen LogP contribution in [0.3, 0.4) is 0 Å². The van der Waals surface area contributed by atoms with Gasteiger partial charge in [-0.05, 0) is 44.2 Å². The van der Waals surface area contributed by atoms with E-state index in [0.717, 1.165) is 0 Å². The van der Waals surface area contributed by atoms with Gasteiger partial charge in [-0.2, -0.15) is 4.31 Å². The molecule has 0 fully saturated rings. The molecule has 2 aromatic carbocycles. The number of fused-ring (bicyclic) bond motifs is 1. The smallest absolute Gasteiger partial charge is 0.323 e. The molecule has 0 bridgehead atoms. The lowest BCUT2D eigenvalue weighted by molar-refractivity contribution is 0.0840. The molecule has 0 saturated heterocycles. The van der Waals surface area contributed by atoms with Gasteiger partial charge >= 0.3 is 5.69 Å². The fourth-order valence-electron chi connectivity index (χ4n) is 2.86. The van der Waals surface area contributed by atoms with E-state index in [4.69, 9.17) is 4.74 Å². The Balaban J connectivity index is 1.78. The lowest BCUT2D eigenvalue weighted by Crippen LogP contribution is -2.43. The van der Waals surface area contributed by atoms with Gasteiger partial charge in [-0.15, -0.1) is 0 Å². The van der Waals surface area contributed by atoms with Crippen molar-refractivity contribution in [3.8, 4) is 5.75 Å². The summed E-state index contributed by atoms with van der Waals surface area (Å²) in [5, 5.41) is 10.3. The molecule has 28 heavy (non-hydrogen) atoms. The van der Waals surface area contributed by atoms with Crippen molar-refractivity contribution in [3.63, 3.8) is 0 Å². The zero-order chi connectivity index (χ0) is 20.3. The first-order valence-electron chi connectivity index (χ1n) is 8.87. The number of hydrogen-bond acceptors (Lipinski definition) is 5. The number of nitrogens with one attached hydrogen (secondary N) is 2. The molecule has 3 N–H and O–H groups in total. The van der Waals surface area contributed by atoms with Crippen LogP contribution < -0.4 is 10.4 Å². The molecule has 0 aliphatic carbocycles. The highest BCUT2D eigenvalue weighted by Gasteiger charge is 2.29. The number of H-pyrrole nitrogens is 2. The summed E-state index contributed by atoms with van der Waals surface area (Å²) in [5.41, 5.74) is 0.526. The summed E-state index contributed by atoms with van der Waals surface area (Å²) in [5.74, 6) is 0.599. The molecule has 150 valence electrons. The van der Waals surface area contributed by atoms with Crippen LogP contribution in [-0.4, -0.2) is 53.1 Å². The Labute approximate surface area is 162 Å². The summed E-state index contributed by atoms with van der Waals surface area (Å²) < 4.78 is 32.9. The van der Waals surface area contributed by atoms with Crippen LogP contribution in [0.4, 0.5) is 0 Å². The number of nitrogens with zero attached hydrogens (tertiary/aromatic N) is 1. The van der Waals surface area contributed by atoms with Crippen LogP contribution in [0, 0.1) is 0 Å². The summed E-state index contributed by atoms with van der Waals surface area (Å²) in [7, 11) is -3.88. The van der Waals surface area contributed by atoms with E-state index < -0.39 is 21.8 Å². The van der Waals surface area contributed by atoms with Crippen molar-refractivity contribution in [2.24, 2.45) is 0 Å². The van der Waals surface area contributed by atoms with E-state index in [2.05, 4.69) is 9.97 Å². The van der Waals surface area contributed by atoms with Crippen LogP contribution in [0.15, 0.2) is 58.2 Å². The maximum absolute atomic E-state index is 13.1. The number of sulfonamides is 1. The number of aromatic nitrogens is 2. The Morgan fingerprint density at radius 1 is 1.07 bits per heavy atom. The predicted molar refractivity (Wildman–Crippen MR) is 106 cm³/mol. The first kappa shape index (κ1) is 20.1. The topological polar surface area (TPSA) is 115 Å². The summed E-state index contributed by atoms with van der Waals surface area (Å²) >= 11 is 0. The van der Waals surface area contributed by atoms with Crippen molar-refractivity contribution in [1.29, 1.82) is 0 Å². The molecule has 1 atom stereocenters. The summed E-state index contributed by atoms with van der Waals surface area (Å²) in [4.78, 5) is 16.6. The monoisotopic (exact) mass is 405 g/mol. The van der Waals surface area contributed by atoms with Crippen LogP contribution >= 0.6 is 0 Å². The number of aliphatic hydroxyl groups is 1. The number of ether oxygens (including phenoxy) is 1. The van der Waals surface area contributed by atoms with Crippen molar-refractivity contribution in [2.45, 2.75) is 30.9 Å². The van der Waals surface area contributed by atoms with Crippen LogP contribution in [0.25, 0.3) is 11.0 Å². The van der Waals surface area contributed by atoms with Gasteiger partial charge in [0.15, 0.2) is 0 Å². The van der Waals surface area contributed by atoms with Crippen molar-refractivity contribution in [2.75, 3.05) is 13.2 Å². The highest BCUT2D eigenvalue weighted by Crippen LogP contribution is 2.21. The number of aliphatic hydroxyl groups excluding tert-OH is 1.